The lowest BCUT2D eigenvalue weighted by Gasteiger charge is -2.32. The van der Waals surface area contributed by atoms with Gasteiger partial charge < -0.3 is 0 Å². The first-order valence-electron chi connectivity index (χ1n) is 6.10. The van der Waals surface area contributed by atoms with Crippen LogP contribution >= 0.6 is 0 Å². The van der Waals surface area contributed by atoms with E-state index in [0.717, 1.165) is 0 Å². The molecule has 17 heavy (non-hydrogen) atoms. The smallest absolute Gasteiger partial charge is 0.231 e. The van der Waals surface area contributed by atoms with E-state index in [4.69, 9.17) is 0 Å². The minimum absolute atomic E-state index is 0.0626. The molecule has 1 aliphatic carbocycles. The molecule has 0 aromatic heterocycles. The van der Waals surface area contributed by atoms with Crippen LogP contribution in [-0.2, 0) is 9.59 Å². The number of hydrogen-bond acceptors (Lipinski definition) is 2. The van der Waals surface area contributed by atoms with Crippen LogP contribution in [0.4, 0.5) is 0 Å². The summed E-state index contributed by atoms with van der Waals surface area (Å²) in [5.41, 5.74) is 2.39. The van der Waals surface area contributed by atoms with Crippen molar-refractivity contribution in [2.24, 2.45) is 23.7 Å². The lowest BCUT2D eigenvalue weighted by Crippen LogP contribution is -2.33. The summed E-state index contributed by atoms with van der Waals surface area (Å²) >= 11 is 0. The van der Waals surface area contributed by atoms with Crippen LogP contribution in [-0.4, -0.2) is 11.8 Å². The molecule has 1 N–H and O–H groups in total. The van der Waals surface area contributed by atoms with Crippen LogP contribution in [0.1, 0.15) is 27.7 Å². The van der Waals surface area contributed by atoms with Gasteiger partial charge in [-0.25, -0.2) is 0 Å². The molecular formula is C14H19NO2. The summed E-state index contributed by atoms with van der Waals surface area (Å²) in [7, 11) is 0. The zero-order chi connectivity index (χ0) is 12.7. The van der Waals surface area contributed by atoms with Gasteiger partial charge >= 0.3 is 0 Å². The SMILES string of the molecule is CC(C)=C[C@@H]1C=C(C)[C@@H](C)[C@@H]2C(=O)NC(=O)[C@H]12. The molecule has 1 heterocycles. The first kappa shape index (κ1) is 12.1. The van der Waals surface area contributed by atoms with Crippen LogP contribution in [0.3, 0.4) is 0 Å². The second-order valence-corrected chi connectivity index (χ2v) is 5.43. The lowest BCUT2D eigenvalue weighted by molar-refractivity contribution is -0.126. The number of nitrogens with one attached hydrogen (secondary N) is 1. The number of hydrogen-bond donors (Lipinski definition) is 1. The lowest BCUT2D eigenvalue weighted by atomic mass is 9.69. The Labute approximate surface area is 102 Å². The van der Waals surface area contributed by atoms with Gasteiger partial charge in [-0.2, -0.15) is 0 Å². The van der Waals surface area contributed by atoms with Crippen LogP contribution in [0.5, 0.6) is 0 Å². The molecular weight excluding hydrogens is 214 g/mol. The van der Waals surface area contributed by atoms with E-state index in [0.29, 0.717) is 0 Å². The number of amides is 2. The Hall–Kier alpha value is -1.38. The standard InChI is InChI=1S/C14H19NO2/c1-7(2)5-10-6-8(3)9(4)11-12(10)14(17)15-13(11)16/h5-6,9-12H,1-4H3,(H,15,16,17)/t9-,10-,11+,12-/m1/s1. The van der Waals surface area contributed by atoms with Crippen LogP contribution < -0.4 is 5.32 Å². The van der Waals surface area contributed by atoms with Crippen molar-refractivity contribution in [2.45, 2.75) is 27.7 Å². The topological polar surface area (TPSA) is 46.2 Å². The molecule has 0 bridgehead atoms. The van der Waals surface area contributed by atoms with E-state index in [9.17, 15) is 9.59 Å². The van der Waals surface area contributed by atoms with Crippen molar-refractivity contribution < 1.29 is 9.59 Å². The maximum absolute atomic E-state index is 11.9. The quantitative estimate of drug-likeness (QED) is 0.556. The number of carbonyl (C=O) groups is 2. The first-order chi connectivity index (χ1) is 7.91. The number of fused-ring (bicyclic) bond motifs is 1. The van der Waals surface area contributed by atoms with Gasteiger partial charge in [-0.15, -0.1) is 0 Å². The van der Waals surface area contributed by atoms with Gasteiger partial charge in [0.25, 0.3) is 0 Å². The number of rotatable bonds is 1. The average Bonchev–Trinajstić information content (AvgIpc) is 2.49. The molecule has 92 valence electrons. The van der Waals surface area contributed by atoms with Gasteiger partial charge in [0.15, 0.2) is 0 Å². The molecule has 0 radical (unpaired) electrons. The molecule has 0 spiro atoms. The normalized spacial score (nSPS) is 36.1. The van der Waals surface area contributed by atoms with Crippen molar-refractivity contribution in [1.82, 2.24) is 5.32 Å². The third kappa shape index (κ3) is 1.94. The Bertz CT molecular complexity index is 430. The predicted octanol–water partition coefficient (Wildman–Crippen LogP) is 2.05. The van der Waals surface area contributed by atoms with Crippen molar-refractivity contribution in [3.63, 3.8) is 0 Å². The van der Waals surface area contributed by atoms with Crippen molar-refractivity contribution in [2.75, 3.05) is 0 Å². The van der Waals surface area contributed by atoms with Crippen molar-refractivity contribution in [3.05, 3.63) is 23.3 Å². The molecule has 1 fully saturated rings. The Kier molecular flexibility index (Phi) is 2.94. The molecule has 2 rings (SSSR count). The molecule has 2 aliphatic rings. The highest BCUT2D eigenvalue weighted by atomic mass is 16.2. The molecule has 0 aromatic rings. The number of carbonyl (C=O) groups excluding carboxylic acids is 2. The summed E-state index contributed by atoms with van der Waals surface area (Å²) in [6.07, 6.45) is 4.22. The predicted molar refractivity (Wildman–Crippen MR) is 66.0 cm³/mol. The van der Waals surface area contributed by atoms with Gasteiger partial charge in [0.1, 0.15) is 0 Å². The van der Waals surface area contributed by atoms with E-state index in [1.54, 1.807) is 0 Å². The third-order valence-corrected chi connectivity index (χ3v) is 3.89. The largest absolute Gasteiger partial charge is 0.296 e. The summed E-state index contributed by atoms with van der Waals surface area (Å²) < 4.78 is 0. The Morgan fingerprint density at radius 2 is 1.82 bits per heavy atom. The van der Waals surface area contributed by atoms with E-state index in [1.807, 2.05) is 27.7 Å². The van der Waals surface area contributed by atoms with Crippen molar-refractivity contribution >= 4 is 11.8 Å². The van der Waals surface area contributed by atoms with Gasteiger partial charge in [-0.1, -0.05) is 30.2 Å². The Balaban J connectivity index is 2.44. The summed E-state index contributed by atoms with van der Waals surface area (Å²) in [5.74, 6) is -0.393. The number of imide groups is 1. The van der Waals surface area contributed by atoms with Gasteiger partial charge in [0.05, 0.1) is 11.8 Å². The van der Waals surface area contributed by atoms with Crippen LogP contribution in [0, 0.1) is 23.7 Å². The van der Waals surface area contributed by atoms with E-state index in [-0.39, 0.29) is 35.5 Å². The highest BCUT2D eigenvalue weighted by molar-refractivity contribution is 6.06. The fourth-order valence-corrected chi connectivity index (χ4v) is 2.95. The maximum atomic E-state index is 11.9. The van der Waals surface area contributed by atoms with Crippen LogP contribution in [0.2, 0.25) is 0 Å². The minimum atomic E-state index is -0.212. The molecule has 0 unspecified atom stereocenters. The van der Waals surface area contributed by atoms with Crippen molar-refractivity contribution in [3.8, 4) is 0 Å². The van der Waals surface area contributed by atoms with E-state index in [1.165, 1.54) is 11.1 Å². The van der Waals surface area contributed by atoms with Crippen LogP contribution in [0.25, 0.3) is 0 Å². The van der Waals surface area contributed by atoms with Gasteiger partial charge in [-0.3, -0.25) is 14.9 Å². The second kappa shape index (κ2) is 4.13. The molecule has 1 saturated heterocycles. The summed E-state index contributed by atoms with van der Waals surface area (Å²) in [4.78, 5) is 23.7. The Morgan fingerprint density at radius 3 is 2.41 bits per heavy atom. The fraction of sp³-hybridized carbons (Fsp3) is 0.571. The molecule has 3 heteroatoms. The highest BCUT2D eigenvalue weighted by Crippen LogP contribution is 2.42. The first-order valence-corrected chi connectivity index (χ1v) is 6.10. The third-order valence-electron chi connectivity index (χ3n) is 3.89. The molecule has 1 aliphatic heterocycles. The Morgan fingerprint density at radius 1 is 1.24 bits per heavy atom. The molecule has 0 aromatic carbocycles. The molecule has 3 nitrogen and oxygen atoms in total. The van der Waals surface area contributed by atoms with Crippen molar-refractivity contribution in [1.29, 1.82) is 0 Å². The highest BCUT2D eigenvalue weighted by Gasteiger charge is 2.49. The molecule has 0 saturated carbocycles. The minimum Gasteiger partial charge on any atom is -0.296 e. The zero-order valence-electron chi connectivity index (χ0n) is 10.8. The maximum Gasteiger partial charge on any atom is 0.231 e. The zero-order valence-corrected chi connectivity index (χ0v) is 10.8. The van der Waals surface area contributed by atoms with E-state index in [2.05, 4.69) is 17.5 Å². The van der Waals surface area contributed by atoms with Gasteiger partial charge in [0.2, 0.25) is 11.8 Å². The second-order valence-electron chi connectivity index (χ2n) is 5.43. The fourth-order valence-electron chi connectivity index (χ4n) is 2.95. The molecule has 4 atom stereocenters. The molecule has 2 amide bonds. The van der Waals surface area contributed by atoms with E-state index < -0.39 is 0 Å². The summed E-state index contributed by atoms with van der Waals surface area (Å²) in [5, 5.41) is 2.47. The van der Waals surface area contributed by atoms with Crippen LogP contribution in [0.15, 0.2) is 23.3 Å². The monoisotopic (exact) mass is 233 g/mol. The average molecular weight is 233 g/mol. The van der Waals surface area contributed by atoms with E-state index >= 15 is 0 Å². The van der Waals surface area contributed by atoms with Gasteiger partial charge in [0, 0.05) is 5.92 Å². The summed E-state index contributed by atoms with van der Waals surface area (Å²) in [6.45, 7) is 8.11. The van der Waals surface area contributed by atoms with Gasteiger partial charge in [-0.05, 0) is 26.7 Å². The summed E-state index contributed by atoms with van der Waals surface area (Å²) in [6, 6.07) is 0. The number of allylic oxidation sites excluding steroid dienone is 4.